The van der Waals surface area contributed by atoms with Crippen LogP contribution in [0.4, 0.5) is 0 Å². The van der Waals surface area contributed by atoms with Gasteiger partial charge in [-0.25, -0.2) is 0 Å². The van der Waals surface area contributed by atoms with Gasteiger partial charge in [0, 0.05) is 17.7 Å². The maximum Gasteiger partial charge on any atom is 0.143 e. The van der Waals surface area contributed by atoms with Crippen molar-refractivity contribution in [2.24, 2.45) is 0 Å². The second-order valence-corrected chi connectivity index (χ2v) is 2.64. The molecule has 2 nitrogen and oxygen atoms in total. The van der Waals surface area contributed by atoms with E-state index in [0.29, 0.717) is 5.33 Å². The first-order chi connectivity index (χ1) is 4.88. The molecular formula is C7H8BrNO. The van der Waals surface area contributed by atoms with Crippen LogP contribution in [0.1, 0.15) is 6.04 Å². The van der Waals surface area contributed by atoms with Crippen LogP contribution < -0.4 is 0 Å². The molecule has 0 N–H and O–H groups in total. The van der Waals surface area contributed by atoms with Crippen LogP contribution in [-0.4, -0.2) is 16.2 Å². The molecule has 0 aliphatic rings. The highest BCUT2D eigenvalue weighted by atomic mass is 79.9. The van der Waals surface area contributed by atoms with E-state index in [9.17, 15) is 4.79 Å². The maximum absolute atomic E-state index is 10.4. The third-order valence-corrected chi connectivity index (χ3v) is 1.99. The van der Waals surface area contributed by atoms with Crippen molar-refractivity contribution in [3.63, 3.8) is 0 Å². The third kappa shape index (κ3) is 1.48. The highest BCUT2D eigenvalue weighted by Crippen LogP contribution is 2.06. The second kappa shape index (κ2) is 3.56. The largest absolute Gasteiger partial charge is 0.343 e. The maximum atomic E-state index is 10.4. The van der Waals surface area contributed by atoms with Crippen molar-refractivity contribution in [1.29, 1.82) is 0 Å². The SMILES string of the molecule is O=CC(CBr)n1cccc1. The van der Waals surface area contributed by atoms with E-state index in [1.807, 2.05) is 29.1 Å². The molecular weight excluding hydrogens is 194 g/mol. The lowest BCUT2D eigenvalue weighted by molar-refractivity contribution is -0.110. The van der Waals surface area contributed by atoms with Gasteiger partial charge in [0.2, 0.25) is 0 Å². The lowest BCUT2D eigenvalue weighted by Gasteiger charge is -2.06. The number of aromatic nitrogens is 1. The number of hydrogen-bond acceptors (Lipinski definition) is 1. The van der Waals surface area contributed by atoms with Gasteiger partial charge < -0.3 is 9.36 Å². The summed E-state index contributed by atoms with van der Waals surface area (Å²) in [6, 6.07) is 3.74. The fourth-order valence-electron chi connectivity index (χ4n) is 0.755. The number of nitrogens with zero attached hydrogens (tertiary/aromatic N) is 1. The molecule has 1 aromatic rings. The molecule has 0 aromatic carbocycles. The number of carbonyl (C=O) groups excluding carboxylic acids is 1. The van der Waals surface area contributed by atoms with Crippen LogP contribution in [0.15, 0.2) is 24.5 Å². The van der Waals surface area contributed by atoms with Crippen LogP contribution in [0.25, 0.3) is 0 Å². The van der Waals surface area contributed by atoms with E-state index in [1.165, 1.54) is 0 Å². The van der Waals surface area contributed by atoms with Gasteiger partial charge in [-0.05, 0) is 12.1 Å². The molecule has 1 unspecified atom stereocenters. The van der Waals surface area contributed by atoms with Gasteiger partial charge >= 0.3 is 0 Å². The van der Waals surface area contributed by atoms with Gasteiger partial charge in [0.05, 0.1) is 6.04 Å². The standard InChI is InChI=1S/C7H8BrNO/c8-5-7(6-10)9-3-1-2-4-9/h1-4,6-7H,5H2. The Bertz CT molecular complexity index is 195. The Kier molecular flexibility index (Phi) is 2.68. The van der Waals surface area contributed by atoms with Gasteiger partial charge in [-0.2, -0.15) is 0 Å². The Morgan fingerprint density at radius 1 is 1.50 bits per heavy atom. The molecule has 10 heavy (non-hydrogen) atoms. The van der Waals surface area contributed by atoms with Crippen LogP contribution in [0.3, 0.4) is 0 Å². The van der Waals surface area contributed by atoms with Gasteiger partial charge in [-0.15, -0.1) is 0 Å². The predicted molar refractivity (Wildman–Crippen MR) is 43.3 cm³/mol. The lowest BCUT2D eigenvalue weighted by atomic mass is 10.4. The molecule has 0 aliphatic heterocycles. The van der Waals surface area contributed by atoms with Crippen molar-refractivity contribution in [3.05, 3.63) is 24.5 Å². The molecule has 1 rings (SSSR count). The summed E-state index contributed by atoms with van der Waals surface area (Å²) >= 11 is 3.25. The lowest BCUT2D eigenvalue weighted by Crippen LogP contribution is -2.08. The Morgan fingerprint density at radius 3 is 2.50 bits per heavy atom. The Hall–Kier alpha value is -0.570. The van der Waals surface area contributed by atoms with Crippen LogP contribution >= 0.6 is 15.9 Å². The zero-order valence-corrected chi connectivity index (χ0v) is 6.99. The molecule has 0 saturated heterocycles. The molecule has 0 bridgehead atoms. The summed E-state index contributed by atoms with van der Waals surface area (Å²) in [4.78, 5) is 10.4. The van der Waals surface area contributed by atoms with Crippen molar-refractivity contribution in [2.75, 3.05) is 5.33 Å². The van der Waals surface area contributed by atoms with E-state index in [2.05, 4.69) is 15.9 Å². The minimum atomic E-state index is -0.0602. The number of rotatable bonds is 3. The van der Waals surface area contributed by atoms with Gasteiger partial charge in [-0.1, -0.05) is 15.9 Å². The predicted octanol–water partition coefficient (Wildman–Crippen LogP) is 1.62. The third-order valence-electron chi connectivity index (χ3n) is 1.33. The summed E-state index contributed by atoms with van der Waals surface area (Å²) in [5, 5.41) is 0.672. The van der Waals surface area contributed by atoms with Gasteiger partial charge in [-0.3, -0.25) is 0 Å². The number of carbonyl (C=O) groups is 1. The summed E-state index contributed by atoms with van der Waals surface area (Å²) < 4.78 is 1.86. The fourth-order valence-corrected chi connectivity index (χ4v) is 1.24. The van der Waals surface area contributed by atoms with Crippen molar-refractivity contribution in [2.45, 2.75) is 6.04 Å². The second-order valence-electron chi connectivity index (χ2n) is 1.99. The highest BCUT2D eigenvalue weighted by molar-refractivity contribution is 9.09. The minimum absolute atomic E-state index is 0.0602. The summed E-state index contributed by atoms with van der Waals surface area (Å²) in [6.07, 6.45) is 4.68. The van der Waals surface area contributed by atoms with E-state index >= 15 is 0 Å². The molecule has 0 radical (unpaired) electrons. The van der Waals surface area contributed by atoms with Crippen molar-refractivity contribution in [1.82, 2.24) is 4.57 Å². The van der Waals surface area contributed by atoms with Crippen LogP contribution in [0.5, 0.6) is 0 Å². The molecule has 3 heteroatoms. The summed E-state index contributed by atoms with van der Waals surface area (Å²) in [5.41, 5.74) is 0. The number of alkyl halides is 1. The molecule has 54 valence electrons. The number of aldehydes is 1. The summed E-state index contributed by atoms with van der Waals surface area (Å²) in [6.45, 7) is 0. The molecule has 0 saturated carbocycles. The molecule has 0 aliphatic carbocycles. The van der Waals surface area contributed by atoms with Crippen molar-refractivity contribution in [3.8, 4) is 0 Å². The summed E-state index contributed by atoms with van der Waals surface area (Å²) in [5.74, 6) is 0. The Labute approximate surface area is 68.0 Å². The zero-order valence-electron chi connectivity index (χ0n) is 5.40. The van der Waals surface area contributed by atoms with E-state index in [1.54, 1.807) is 0 Å². The highest BCUT2D eigenvalue weighted by Gasteiger charge is 2.03. The quantitative estimate of drug-likeness (QED) is 0.539. The van der Waals surface area contributed by atoms with Crippen molar-refractivity contribution < 1.29 is 4.79 Å². The topological polar surface area (TPSA) is 22.0 Å². The first-order valence-electron chi connectivity index (χ1n) is 3.02. The van der Waals surface area contributed by atoms with E-state index in [-0.39, 0.29) is 6.04 Å². The molecule has 0 spiro atoms. The van der Waals surface area contributed by atoms with Crippen LogP contribution in [0, 0.1) is 0 Å². The van der Waals surface area contributed by atoms with E-state index in [0.717, 1.165) is 6.29 Å². The van der Waals surface area contributed by atoms with Gasteiger partial charge in [0.1, 0.15) is 6.29 Å². The average molecular weight is 202 g/mol. The smallest absolute Gasteiger partial charge is 0.143 e. The Morgan fingerprint density at radius 2 is 2.10 bits per heavy atom. The monoisotopic (exact) mass is 201 g/mol. The van der Waals surface area contributed by atoms with Crippen molar-refractivity contribution >= 4 is 22.2 Å². The zero-order chi connectivity index (χ0) is 7.40. The molecule has 0 amide bonds. The average Bonchev–Trinajstić information content (AvgIpc) is 2.43. The Balaban J connectivity index is 2.73. The first kappa shape index (κ1) is 7.54. The fraction of sp³-hybridized carbons (Fsp3) is 0.286. The molecule has 0 fully saturated rings. The number of halogens is 1. The molecule has 1 atom stereocenters. The van der Waals surface area contributed by atoms with E-state index in [4.69, 9.17) is 0 Å². The normalized spacial score (nSPS) is 12.9. The minimum Gasteiger partial charge on any atom is -0.343 e. The van der Waals surface area contributed by atoms with Crippen LogP contribution in [0.2, 0.25) is 0 Å². The first-order valence-corrected chi connectivity index (χ1v) is 4.14. The van der Waals surface area contributed by atoms with Gasteiger partial charge in [0.25, 0.3) is 0 Å². The molecule has 1 heterocycles. The summed E-state index contributed by atoms with van der Waals surface area (Å²) in [7, 11) is 0. The van der Waals surface area contributed by atoms with Crippen LogP contribution in [-0.2, 0) is 4.79 Å². The number of hydrogen-bond donors (Lipinski definition) is 0. The molecule has 1 aromatic heterocycles. The van der Waals surface area contributed by atoms with E-state index < -0.39 is 0 Å². The van der Waals surface area contributed by atoms with Gasteiger partial charge in [0.15, 0.2) is 0 Å².